The van der Waals surface area contributed by atoms with Crippen molar-refractivity contribution in [1.82, 2.24) is 14.9 Å². The fourth-order valence-electron chi connectivity index (χ4n) is 2.23. The van der Waals surface area contributed by atoms with E-state index < -0.39 is 10.0 Å². The van der Waals surface area contributed by atoms with Crippen LogP contribution in [0.3, 0.4) is 0 Å². The number of amides is 1. The van der Waals surface area contributed by atoms with Crippen molar-refractivity contribution >= 4 is 33.4 Å². The van der Waals surface area contributed by atoms with Crippen molar-refractivity contribution in [3.8, 4) is 11.4 Å². The number of hydrogen-bond acceptors (Lipinski definition) is 7. The number of anilines is 1. The summed E-state index contributed by atoms with van der Waals surface area (Å²) in [7, 11) is -3.79. The van der Waals surface area contributed by atoms with Crippen molar-refractivity contribution in [2.75, 3.05) is 16.9 Å². The number of rotatable bonds is 6. The van der Waals surface area contributed by atoms with Gasteiger partial charge in [-0.25, -0.2) is 22.6 Å². The van der Waals surface area contributed by atoms with Gasteiger partial charge in [0.1, 0.15) is 5.82 Å². The van der Waals surface area contributed by atoms with Gasteiger partial charge in [-0.05, 0) is 48.5 Å². The van der Waals surface area contributed by atoms with Gasteiger partial charge in [0.05, 0.1) is 10.6 Å². The number of primary sulfonamides is 1. The van der Waals surface area contributed by atoms with Crippen LogP contribution in [0, 0.1) is 5.82 Å². The van der Waals surface area contributed by atoms with E-state index in [1.165, 1.54) is 53.2 Å². The Morgan fingerprint density at radius 3 is 2.36 bits per heavy atom. The van der Waals surface area contributed by atoms with E-state index in [1.807, 2.05) is 0 Å². The Bertz CT molecular complexity index is 1100. The van der Waals surface area contributed by atoms with Crippen LogP contribution in [0.4, 0.5) is 10.1 Å². The van der Waals surface area contributed by atoms with E-state index in [4.69, 9.17) is 11.0 Å². The van der Waals surface area contributed by atoms with Crippen molar-refractivity contribution in [2.24, 2.45) is 5.14 Å². The predicted molar refractivity (Wildman–Crippen MR) is 103 cm³/mol. The number of thioether (sulfide) groups is 1. The second-order valence-corrected chi connectivity index (χ2v) is 8.09. The SMILES string of the molecule is Nn1c(SCC(=O)Nc2ccc(S(N)(=O)=O)cc2)nnc1-c1ccc(F)cc1. The molecule has 5 N–H and O–H groups in total. The molecule has 0 atom stereocenters. The van der Waals surface area contributed by atoms with Crippen molar-refractivity contribution in [3.05, 3.63) is 54.3 Å². The molecule has 12 heteroatoms. The van der Waals surface area contributed by atoms with Crippen LogP contribution in [0.5, 0.6) is 0 Å². The lowest BCUT2D eigenvalue weighted by Crippen LogP contribution is -2.17. The molecule has 0 fully saturated rings. The number of carbonyl (C=O) groups is 1. The minimum Gasteiger partial charge on any atom is -0.335 e. The Kier molecular flexibility index (Phi) is 5.63. The van der Waals surface area contributed by atoms with E-state index in [0.29, 0.717) is 22.2 Å². The molecule has 2 aromatic carbocycles. The maximum atomic E-state index is 13.0. The Hall–Kier alpha value is -2.96. The van der Waals surface area contributed by atoms with Crippen molar-refractivity contribution in [2.45, 2.75) is 10.1 Å². The van der Waals surface area contributed by atoms with Crippen LogP contribution in [0.15, 0.2) is 58.6 Å². The molecule has 3 rings (SSSR count). The van der Waals surface area contributed by atoms with Gasteiger partial charge in [0, 0.05) is 11.3 Å². The van der Waals surface area contributed by atoms with E-state index >= 15 is 0 Å². The molecule has 1 amide bonds. The molecule has 0 bridgehead atoms. The quantitative estimate of drug-likeness (QED) is 0.399. The molecule has 0 aliphatic heterocycles. The summed E-state index contributed by atoms with van der Waals surface area (Å²) < 4.78 is 36.7. The molecular formula is C16H15FN6O3S2. The van der Waals surface area contributed by atoms with Gasteiger partial charge in [0.25, 0.3) is 0 Å². The van der Waals surface area contributed by atoms with Gasteiger partial charge in [-0.1, -0.05) is 11.8 Å². The summed E-state index contributed by atoms with van der Waals surface area (Å²) in [5.74, 6) is 5.55. The largest absolute Gasteiger partial charge is 0.335 e. The second-order valence-electron chi connectivity index (χ2n) is 5.59. The number of aromatic nitrogens is 3. The zero-order chi connectivity index (χ0) is 20.3. The minimum absolute atomic E-state index is 0.00428. The molecule has 0 saturated carbocycles. The lowest BCUT2D eigenvalue weighted by Gasteiger charge is -2.06. The van der Waals surface area contributed by atoms with Gasteiger partial charge in [-0.15, -0.1) is 10.2 Å². The van der Waals surface area contributed by atoms with Crippen LogP contribution < -0.4 is 16.3 Å². The molecule has 0 spiro atoms. The van der Waals surface area contributed by atoms with Crippen LogP contribution in [0.25, 0.3) is 11.4 Å². The topological polar surface area (TPSA) is 146 Å². The number of nitrogens with two attached hydrogens (primary N) is 2. The Labute approximate surface area is 164 Å². The third-order valence-corrected chi connectivity index (χ3v) is 5.44. The number of nitrogens with one attached hydrogen (secondary N) is 1. The van der Waals surface area contributed by atoms with E-state index in [2.05, 4.69) is 15.5 Å². The molecule has 0 aliphatic rings. The van der Waals surface area contributed by atoms with Gasteiger partial charge in [0.15, 0.2) is 5.82 Å². The van der Waals surface area contributed by atoms with Crippen LogP contribution >= 0.6 is 11.8 Å². The lowest BCUT2D eigenvalue weighted by atomic mass is 10.2. The van der Waals surface area contributed by atoms with Crippen LogP contribution in [-0.4, -0.2) is 35.0 Å². The van der Waals surface area contributed by atoms with E-state index in [9.17, 15) is 17.6 Å². The molecule has 0 unspecified atom stereocenters. The normalized spacial score (nSPS) is 11.4. The molecule has 0 saturated heterocycles. The van der Waals surface area contributed by atoms with E-state index in [1.54, 1.807) is 0 Å². The highest BCUT2D eigenvalue weighted by atomic mass is 32.2. The Morgan fingerprint density at radius 1 is 1.11 bits per heavy atom. The monoisotopic (exact) mass is 422 g/mol. The Morgan fingerprint density at radius 2 is 1.75 bits per heavy atom. The fourth-order valence-corrected chi connectivity index (χ4v) is 3.40. The molecule has 3 aromatic rings. The molecule has 1 heterocycles. The zero-order valence-electron chi connectivity index (χ0n) is 14.2. The van der Waals surface area contributed by atoms with Crippen molar-refractivity contribution in [1.29, 1.82) is 0 Å². The zero-order valence-corrected chi connectivity index (χ0v) is 15.9. The van der Waals surface area contributed by atoms with Crippen LogP contribution in [0.1, 0.15) is 0 Å². The maximum Gasteiger partial charge on any atom is 0.238 e. The van der Waals surface area contributed by atoms with E-state index in [-0.39, 0.29) is 22.4 Å². The smallest absolute Gasteiger partial charge is 0.238 e. The summed E-state index contributed by atoms with van der Waals surface area (Å²) in [6, 6.07) is 11.1. The summed E-state index contributed by atoms with van der Waals surface area (Å²) in [5.41, 5.74) is 1.00. The molecule has 1 aromatic heterocycles. The fraction of sp³-hybridized carbons (Fsp3) is 0.0625. The number of benzene rings is 2. The first-order valence-electron chi connectivity index (χ1n) is 7.76. The summed E-state index contributed by atoms with van der Waals surface area (Å²) in [4.78, 5) is 12.0. The first kappa shape index (κ1) is 19.8. The second kappa shape index (κ2) is 7.96. The predicted octanol–water partition coefficient (Wildman–Crippen LogP) is 1.18. The number of halogens is 1. The molecule has 146 valence electrons. The van der Waals surface area contributed by atoms with E-state index in [0.717, 1.165) is 11.8 Å². The molecule has 0 radical (unpaired) electrons. The van der Waals surface area contributed by atoms with Gasteiger partial charge in [-0.2, -0.15) is 0 Å². The highest BCUT2D eigenvalue weighted by Crippen LogP contribution is 2.22. The maximum absolute atomic E-state index is 13.0. The average molecular weight is 422 g/mol. The Balaban J connectivity index is 1.61. The molecule has 0 aliphatic carbocycles. The molecule has 28 heavy (non-hydrogen) atoms. The number of carbonyl (C=O) groups excluding carboxylic acids is 1. The number of sulfonamides is 1. The van der Waals surface area contributed by atoms with Crippen LogP contribution in [0.2, 0.25) is 0 Å². The van der Waals surface area contributed by atoms with Gasteiger partial charge in [-0.3, -0.25) is 4.79 Å². The first-order valence-corrected chi connectivity index (χ1v) is 10.3. The average Bonchev–Trinajstić information content (AvgIpc) is 3.01. The summed E-state index contributed by atoms with van der Waals surface area (Å²) in [6.45, 7) is 0. The highest BCUT2D eigenvalue weighted by Gasteiger charge is 2.14. The summed E-state index contributed by atoms with van der Waals surface area (Å²) >= 11 is 1.06. The summed E-state index contributed by atoms with van der Waals surface area (Å²) in [6.07, 6.45) is 0. The van der Waals surface area contributed by atoms with Gasteiger partial charge in [0.2, 0.25) is 21.1 Å². The minimum atomic E-state index is -3.79. The highest BCUT2D eigenvalue weighted by molar-refractivity contribution is 7.99. The first-order chi connectivity index (χ1) is 13.2. The third-order valence-electron chi connectivity index (χ3n) is 3.57. The van der Waals surface area contributed by atoms with Gasteiger partial charge < -0.3 is 11.2 Å². The lowest BCUT2D eigenvalue weighted by molar-refractivity contribution is -0.113. The van der Waals surface area contributed by atoms with Crippen molar-refractivity contribution in [3.63, 3.8) is 0 Å². The standard InChI is InChI=1S/C16H15FN6O3S2/c17-11-3-1-10(2-4-11)15-21-22-16(23(15)18)27-9-14(24)20-12-5-7-13(8-6-12)28(19,25)26/h1-8H,9,18H2,(H,20,24)(H2,19,25,26). The third kappa shape index (κ3) is 4.65. The van der Waals surface area contributed by atoms with Crippen molar-refractivity contribution < 1.29 is 17.6 Å². The molecular weight excluding hydrogens is 407 g/mol. The molecule has 9 nitrogen and oxygen atoms in total. The number of nitrogens with zero attached hydrogens (tertiary/aromatic N) is 3. The van der Waals surface area contributed by atoms with Gasteiger partial charge >= 0.3 is 0 Å². The van der Waals surface area contributed by atoms with Crippen LogP contribution in [-0.2, 0) is 14.8 Å². The summed E-state index contributed by atoms with van der Waals surface area (Å²) in [5, 5.41) is 15.8. The number of hydrogen-bond donors (Lipinski definition) is 3. The number of nitrogen functional groups attached to an aromatic ring is 1.